The number of sulfonamides is 1. The van der Waals surface area contributed by atoms with Gasteiger partial charge in [0.15, 0.2) is 0 Å². The minimum atomic E-state index is -3.27. The lowest BCUT2D eigenvalue weighted by molar-refractivity contribution is 0.0953. The number of hydrogen-bond donors (Lipinski definition) is 1. The van der Waals surface area contributed by atoms with Crippen molar-refractivity contribution in [3.63, 3.8) is 0 Å². The maximum Gasteiger partial charge on any atom is 0.251 e. The first kappa shape index (κ1) is 17.5. The van der Waals surface area contributed by atoms with E-state index < -0.39 is 10.0 Å². The van der Waals surface area contributed by atoms with Crippen molar-refractivity contribution in [1.29, 1.82) is 0 Å². The Hall–Kier alpha value is -2.35. The Morgan fingerprint density at radius 3 is 2.84 bits per heavy atom. The quantitative estimate of drug-likeness (QED) is 0.780. The Kier molecular flexibility index (Phi) is 4.80. The molecule has 1 N–H and O–H groups in total. The number of anilines is 1. The molecule has 1 aliphatic rings. The van der Waals surface area contributed by atoms with Crippen LogP contribution in [0.1, 0.15) is 27.9 Å². The van der Waals surface area contributed by atoms with Crippen molar-refractivity contribution in [2.24, 2.45) is 7.05 Å². The maximum absolute atomic E-state index is 12.3. The number of fused-ring (bicyclic) bond motifs is 1. The van der Waals surface area contributed by atoms with Crippen LogP contribution in [-0.2, 0) is 29.9 Å². The van der Waals surface area contributed by atoms with Crippen molar-refractivity contribution in [3.05, 3.63) is 47.3 Å². The van der Waals surface area contributed by atoms with Crippen molar-refractivity contribution in [3.8, 4) is 0 Å². The third kappa shape index (κ3) is 4.01. The van der Waals surface area contributed by atoms with Gasteiger partial charge >= 0.3 is 0 Å². The van der Waals surface area contributed by atoms with Gasteiger partial charge in [-0.25, -0.2) is 8.42 Å². The molecule has 1 amide bonds. The molecular formula is C17H22N4O3S. The lowest BCUT2D eigenvalue weighted by Gasteiger charge is -2.16. The van der Waals surface area contributed by atoms with Gasteiger partial charge in [0.1, 0.15) is 0 Å². The highest BCUT2D eigenvalue weighted by molar-refractivity contribution is 7.92. The molecular weight excluding hydrogens is 340 g/mol. The molecule has 0 radical (unpaired) electrons. The highest BCUT2D eigenvalue weighted by atomic mass is 32.2. The van der Waals surface area contributed by atoms with E-state index >= 15 is 0 Å². The molecule has 3 rings (SSSR count). The van der Waals surface area contributed by atoms with E-state index in [4.69, 9.17) is 0 Å². The van der Waals surface area contributed by atoms with Crippen molar-refractivity contribution in [1.82, 2.24) is 15.1 Å². The minimum absolute atomic E-state index is 0.133. The van der Waals surface area contributed by atoms with Gasteiger partial charge in [0.05, 0.1) is 18.1 Å². The zero-order chi connectivity index (χ0) is 18.0. The van der Waals surface area contributed by atoms with Gasteiger partial charge in [0.25, 0.3) is 5.91 Å². The molecule has 2 heterocycles. The van der Waals surface area contributed by atoms with Gasteiger partial charge in [-0.1, -0.05) is 0 Å². The molecule has 25 heavy (non-hydrogen) atoms. The fourth-order valence-corrected chi connectivity index (χ4v) is 4.01. The normalized spacial score (nSPS) is 13.8. The van der Waals surface area contributed by atoms with E-state index in [1.54, 1.807) is 22.9 Å². The topological polar surface area (TPSA) is 84.3 Å². The molecule has 2 aromatic rings. The molecule has 0 saturated heterocycles. The summed E-state index contributed by atoms with van der Waals surface area (Å²) in [6.07, 6.45) is 7.33. The second-order valence-electron chi connectivity index (χ2n) is 6.31. The van der Waals surface area contributed by atoms with Crippen molar-refractivity contribution >= 4 is 21.6 Å². The van der Waals surface area contributed by atoms with Gasteiger partial charge in [0.2, 0.25) is 10.0 Å². The smallest absolute Gasteiger partial charge is 0.251 e. The zero-order valence-electron chi connectivity index (χ0n) is 14.4. The lowest BCUT2D eigenvalue weighted by atomic mass is 10.1. The summed E-state index contributed by atoms with van der Waals surface area (Å²) in [4.78, 5) is 12.3. The number of nitrogens with zero attached hydrogens (tertiary/aromatic N) is 3. The first-order chi connectivity index (χ1) is 11.8. The summed E-state index contributed by atoms with van der Waals surface area (Å²) in [6.45, 7) is 1.02. The number of amides is 1. The largest absolute Gasteiger partial charge is 0.352 e. The summed E-state index contributed by atoms with van der Waals surface area (Å²) in [5.74, 6) is -0.133. The Labute approximate surface area is 147 Å². The standard InChI is InChI=1S/C17H22N4O3S/c1-20-12-13(11-19-20)4-3-8-18-17(22)15-5-6-16-14(10-15)7-9-21(16)25(2,23)24/h5-6,10-12H,3-4,7-9H2,1-2H3,(H,18,22). The zero-order valence-corrected chi connectivity index (χ0v) is 15.2. The summed E-state index contributed by atoms with van der Waals surface area (Å²) in [7, 11) is -1.39. The maximum atomic E-state index is 12.3. The highest BCUT2D eigenvalue weighted by Crippen LogP contribution is 2.30. The number of nitrogens with one attached hydrogen (secondary N) is 1. The Morgan fingerprint density at radius 2 is 2.16 bits per heavy atom. The summed E-state index contributed by atoms with van der Waals surface area (Å²) in [6, 6.07) is 5.18. The number of aromatic nitrogens is 2. The monoisotopic (exact) mass is 362 g/mol. The van der Waals surface area contributed by atoms with E-state index in [9.17, 15) is 13.2 Å². The van der Waals surface area contributed by atoms with E-state index in [0.717, 1.165) is 24.0 Å². The number of carbonyl (C=O) groups excluding carboxylic acids is 1. The third-order valence-electron chi connectivity index (χ3n) is 4.28. The van der Waals surface area contributed by atoms with Crippen LogP contribution in [0.3, 0.4) is 0 Å². The second-order valence-corrected chi connectivity index (χ2v) is 8.22. The van der Waals surface area contributed by atoms with Crippen LogP contribution in [0.4, 0.5) is 5.69 Å². The second kappa shape index (κ2) is 6.87. The predicted octanol–water partition coefficient (Wildman–Crippen LogP) is 1.10. The average molecular weight is 362 g/mol. The van der Waals surface area contributed by atoms with Crippen LogP contribution < -0.4 is 9.62 Å². The van der Waals surface area contributed by atoms with Gasteiger partial charge in [0, 0.05) is 31.9 Å². The molecule has 0 bridgehead atoms. The van der Waals surface area contributed by atoms with Gasteiger partial charge in [-0.3, -0.25) is 13.8 Å². The Bertz CT molecular complexity index is 889. The van der Waals surface area contributed by atoms with Crippen LogP contribution in [0.25, 0.3) is 0 Å². The number of aryl methyl sites for hydroxylation is 2. The van der Waals surface area contributed by atoms with Crippen LogP contribution in [0.15, 0.2) is 30.6 Å². The van der Waals surface area contributed by atoms with Crippen LogP contribution in [0.5, 0.6) is 0 Å². The van der Waals surface area contributed by atoms with E-state index in [1.807, 2.05) is 19.4 Å². The summed E-state index contributed by atoms with van der Waals surface area (Å²) >= 11 is 0. The third-order valence-corrected chi connectivity index (χ3v) is 5.46. The highest BCUT2D eigenvalue weighted by Gasteiger charge is 2.26. The summed E-state index contributed by atoms with van der Waals surface area (Å²) in [5, 5.41) is 7.03. The fraction of sp³-hybridized carbons (Fsp3) is 0.412. The van der Waals surface area contributed by atoms with Crippen molar-refractivity contribution in [2.75, 3.05) is 23.7 Å². The van der Waals surface area contributed by atoms with Gasteiger partial charge in [-0.15, -0.1) is 0 Å². The number of rotatable bonds is 6. The van der Waals surface area contributed by atoms with Crippen LogP contribution in [-0.4, -0.2) is 43.5 Å². The van der Waals surface area contributed by atoms with E-state index in [2.05, 4.69) is 10.4 Å². The average Bonchev–Trinajstić information content (AvgIpc) is 3.16. The van der Waals surface area contributed by atoms with Crippen LogP contribution in [0, 0.1) is 0 Å². The van der Waals surface area contributed by atoms with E-state index in [-0.39, 0.29) is 5.91 Å². The molecule has 0 spiro atoms. The predicted molar refractivity (Wildman–Crippen MR) is 96.2 cm³/mol. The van der Waals surface area contributed by atoms with Crippen molar-refractivity contribution in [2.45, 2.75) is 19.3 Å². The number of benzene rings is 1. The molecule has 0 aliphatic carbocycles. The van der Waals surface area contributed by atoms with Crippen LogP contribution in [0.2, 0.25) is 0 Å². The molecule has 1 aromatic carbocycles. The van der Waals surface area contributed by atoms with E-state index in [0.29, 0.717) is 30.8 Å². The van der Waals surface area contributed by atoms with Crippen LogP contribution >= 0.6 is 0 Å². The van der Waals surface area contributed by atoms with E-state index in [1.165, 1.54) is 10.6 Å². The van der Waals surface area contributed by atoms with Crippen molar-refractivity contribution < 1.29 is 13.2 Å². The minimum Gasteiger partial charge on any atom is -0.352 e. The molecule has 0 saturated carbocycles. The molecule has 134 valence electrons. The van der Waals surface area contributed by atoms with Gasteiger partial charge < -0.3 is 5.32 Å². The molecule has 7 nitrogen and oxygen atoms in total. The summed E-state index contributed by atoms with van der Waals surface area (Å²) in [5.41, 5.74) is 3.29. The molecule has 1 aromatic heterocycles. The Balaban J connectivity index is 1.56. The number of hydrogen-bond acceptors (Lipinski definition) is 4. The fourth-order valence-electron chi connectivity index (χ4n) is 3.05. The lowest BCUT2D eigenvalue weighted by Crippen LogP contribution is -2.27. The van der Waals surface area contributed by atoms with Gasteiger partial charge in [-0.05, 0) is 48.6 Å². The molecule has 0 unspecified atom stereocenters. The first-order valence-electron chi connectivity index (χ1n) is 8.21. The Morgan fingerprint density at radius 1 is 1.36 bits per heavy atom. The molecule has 8 heteroatoms. The SMILES string of the molecule is Cn1cc(CCCNC(=O)c2ccc3c(c2)CCN3S(C)(=O)=O)cn1. The number of carbonyl (C=O) groups is 1. The first-order valence-corrected chi connectivity index (χ1v) is 10.1. The van der Waals surface area contributed by atoms with Gasteiger partial charge in [-0.2, -0.15) is 5.10 Å². The summed E-state index contributed by atoms with van der Waals surface area (Å²) < 4.78 is 26.6. The molecule has 1 aliphatic heterocycles. The molecule has 0 atom stereocenters. The molecule has 0 fully saturated rings.